The molecule has 4 heteroatoms. The van der Waals surface area contributed by atoms with Crippen LogP contribution in [0.2, 0.25) is 0 Å². The normalized spacial score (nSPS) is 11.4. The first-order valence-corrected chi connectivity index (χ1v) is 6.68. The molecule has 0 aliphatic heterocycles. The van der Waals surface area contributed by atoms with Gasteiger partial charge in [0.15, 0.2) is 0 Å². The Morgan fingerprint density at radius 1 is 1.47 bits per heavy atom. The van der Waals surface area contributed by atoms with Crippen LogP contribution in [0, 0.1) is 3.57 Å². The second-order valence-electron chi connectivity index (χ2n) is 4.64. The van der Waals surface area contributed by atoms with Gasteiger partial charge in [-0.2, -0.15) is 0 Å². The van der Waals surface area contributed by atoms with Crippen LogP contribution in [-0.4, -0.2) is 34.6 Å². The number of rotatable bonds is 4. The Kier molecular flexibility index (Phi) is 4.94. The summed E-state index contributed by atoms with van der Waals surface area (Å²) in [5, 5.41) is 9.77. The van der Waals surface area contributed by atoms with E-state index in [4.69, 9.17) is 0 Å². The highest BCUT2D eigenvalue weighted by atomic mass is 127. The van der Waals surface area contributed by atoms with Crippen molar-refractivity contribution >= 4 is 28.5 Å². The van der Waals surface area contributed by atoms with E-state index in [9.17, 15) is 9.90 Å². The minimum Gasteiger partial charge on any atom is -0.389 e. The van der Waals surface area contributed by atoms with Crippen molar-refractivity contribution in [1.29, 1.82) is 0 Å². The number of halogens is 1. The summed E-state index contributed by atoms with van der Waals surface area (Å²) in [6, 6.07) is 7.48. The summed E-state index contributed by atoms with van der Waals surface area (Å²) in [5.74, 6) is -0.0341. The average molecular weight is 347 g/mol. The smallest absolute Gasteiger partial charge is 0.253 e. The summed E-state index contributed by atoms with van der Waals surface area (Å²) in [5.41, 5.74) is -0.198. The van der Waals surface area contributed by atoms with Crippen molar-refractivity contribution in [3.05, 3.63) is 33.4 Å². The molecular formula is C13H18INO2. The molecule has 1 N–H and O–H groups in total. The summed E-state index contributed by atoms with van der Waals surface area (Å²) >= 11 is 2.18. The van der Waals surface area contributed by atoms with Gasteiger partial charge in [-0.25, -0.2) is 0 Å². The molecule has 17 heavy (non-hydrogen) atoms. The second-order valence-corrected chi connectivity index (χ2v) is 5.89. The number of likely N-dealkylation sites (N-methyl/N-ethyl adjacent to an activating group) is 1. The predicted octanol–water partition coefficient (Wildman–Crippen LogP) is 2.52. The van der Waals surface area contributed by atoms with E-state index in [0.717, 1.165) is 3.57 Å². The van der Waals surface area contributed by atoms with E-state index in [1.165, 1.54) is 0 Å². The van der Waals surface area contributed by atoms with Crippen molar-refractivity contribution in [3.8, 4) is 0 Å². The summed E-state index contributed by atoms with van der Waals surface area (Å²) in [6.45, 7) is 6.26. The summed E-state index contributed by atoms with van der Waals surface area (Å²) in [6.07, 6.45) is 0. The topological polar surface area (TPSA) is 40.5 Å². The minimum absolute atomic E-state index is 0.0341. The Bertz CT molecular complexity index is 399. The van der Waals surface area contributed by atoms with Gasteiger partial charge in [0, 0.05) is 22.2 Å². The quantitative estimate of drug-likeness (QED) is 0.851. The van der Waals surface area contributed by atoms with Crippen molar-refractivity contribution in [3.63, 3.8) is 0 Å². The summed E-state index contributed by atoms with van der Waals surface area (Å²) in [7, 11) is 0. The lowest BCUT2D eigenvalue weighted by molar-refractivity contribution is 0.0314. The molecule has 0 aliphatic carbocycles. The molecule has 1 aromatic carbocycles. The van der Waals surface area contributed by atoms with Gasteiger partial charge in [0.25, 0.3) is 5.91 Å². The lowest BCUT2D eigenvalue weighted by Gasteiger charge is -2.28. The maximum absolute atomic E-state index is 12.2. The van der Waals surface area contributed by atoms with Gasteiger partial charge in [-0.3, -0.25) is 4.79 Å². The van der Waals surface area contributed by atoms with Crippen LogP contribution in [0.5, 0.6) is 0 Å². The Balaban J connectivity index is 2.87. The van der Waals surface area contributed by atoms with Crippen LogP contribution >= 0.6 is 22.6 Å². The Morgan fingerprint density at radius 3 is 2.59 bits per heavy atom. The molecule has 1 amide bonds. The van der Waals surface area contributed by atoms with Gasteiger partial charge in [-0.05, 0) is 61.6 Å². The maximum atomic E-state index is 12.2. The molecule has 1 aromatic rings. The summed E-state index contributed by atoms with van der Waals surface area (Å²) < 4.78 is 1.03. The maximum Gasteiger partial charge on any atom is 0.253 e. The Hall–Kier alpha value is -0.620. The van der Waals surface area contributed by atoms with Crippen LogP contribution in [0.1, 0.15) is 31.1 Å². The number of hydrogen-bond acceptors (Lipinski definition) is 2. The standard InChI is InChI=1S/C13H18INO2/c1-4-15(9-13(2,3)17)12(16)10-6-5-7-11(14)8-10/h5-8,17H,4,9H2,1-3H3. The van der Waals surface area contributed by atoms with Crippen LogP contribution in [0.25, 0.3) is 0 Å². The van der Waals surface area contributed by atoms with Gasteiger partial charge in [0.05, 0.1) is 5.60 Å². The summed E-state index contributed by atoms with van der Waals surface area (Å²) in [4.78, 5) is 13.9. The molecule has 3 nitrogen and oxygen atoms in total. The van der Waals surface area contributed by atoms with Crippen molar-refractivity contribution in [2.45, 2.75) is 26.4 Å². The van der Waals surface area contributed by atoms with E-state index in [1.807, 2.05) is 25.1 Å². The van der Waals surface area contributed by atoms with Crippen LogP contribution in [0.15, 0.2) is 24.3 Å². The number of carbonyl (C=O) groups excluding carboxylic acids is 1. The molecule has 0 spiro atoms. The van der Waals surface area contributed by atoms with E-state index in [2.05, 4.69) is 22.6 Å². The molecule has 0 aliphatic rings. The first-order valence-electron chi connectivity index (χ1n) is 5.60. The zero-order chi connectivity index (χ0) is 13.1. The molecule has 0 saturated heterocycles. The lowest BCUT2D eigenvalue weighted by atomic mass is 10.1. The number of carbonyl (C=O) groups is 1. The molecule has 1 rings (SSSR count). The number of hydrogen-bond donors (Lipinski definition) is 1. The van der Waals surface area contributed by atoms with Gasteiger partial charge in [-0.1, -0.05) is 6.07 Å². The lowest BCUT2D eigenvalue weighted by Crippen LogP contribution is -2.42. The van der Waals surface area contributed by atoms with Crippen molar-refractivity contribution in [1.82, 2.24) is 4.90 Å². The SMILES string of the molecule is CCN(CC(C)(C)O)C(=O)c1cccc(I)c1. The van der Waals surface area contributed by atoms with Crippen molar-refractivity contribution in [2.75, 3.05) is 13.1 Å². The van der Waals surface area contributed by atoms with Crippen LogP contribution in [0.3, 0.4) is 0 Å². The van der Waals surface area contributed by atoms with E-state index >= 15 is 0 Å². The fraction of sp³-hybridized carbons (Fsp3) is 0.462. The van der Waals surface area contributed by atoms with Gasteiger partial charge in [0.1, 0.15) is 0 Å². The molecule has 0 aromatic heterocycles. The Morgan fingerprint density at radius 2 is 2.12 bits per heavy atom. The monoisotopic (exact) mass is 347 g/mol. The first-order chi connectivity index (χ1) is 7.83. The molecule has 94 valence electrons. The molecule has 0 saturated carbocycles. The molecule has 0 heterocycles. The van der Waals surface area contributed by atoms with Crippen molar-refractivity contribution in [2.24, 2.45) is 0 Å². The minimum atomic E-state index is -0.867. The second kappa shape index (κ2) is 5.82. The van der Waals surface area contributed by atoms with Crippen LogP contribution in [-0.2, 0) is 0 Å². The first kappa shape index (κ1) is 14.4. The van der Waals surface area contributed by atoms with Gasteiger partial charge >= 0.3 is 0 Å². The fourth-order valence-corrected chi connectivity index (χ4v) is 2.14. The third-order valence-electron chi connectivity index (χ3n) is 2.32. The van der Waals surface area contributed by atoms with Gasteiger partial charge in [-0.15, -0.1) is 0 Å². The zero-order valence-electron chi connectivity index (χ0n) is 10.4. The largest absolute Gasteiger partial charge is 0.389 e. The molecule has 0 bridgehead atoms. The van der Waals surface area contributed by atoms with Crippen LogP contribution in [0.4, 0.5) is 0 Å². The number of nitrogens with zero attached hydrogens (tertiary/aromatic N) is 1. The third kappa shape index (κ3) is 4.63. The van der Waals surface area contributed by atoms with Crippen LogP contribution < -0.4 is 0 Å². The number of amides is 1. The van der Waals surface area contributed by atoms with E-state index in [0.29, 0.717) is 18.7 Å². The zero-order valence-corrected chi connectivity index (χ0v) is 12.6. The van der Waals surface area contributed by atoms with E-state index in [1.54, 1.807) is 24.8 Å². The molecule has 0 unspecified atom stereocenters. The highest BCUT2D eigenvalue weighted by Gasteiger charge is 2.22. The predicted molar refractivity (Wildman–Crippen MR) is 77.0 cm³/mol. The highest BCUT2D eigenvalue weighted by Crippen LogP contribution is 2.13. The fourth-order valence-electron chi connectivity index (χ4n) is 1.60. The van der Waals surface area contributed by atoms with Gasteiger partial charge in [0.2, 0.25) is 0 Å². The van der Waals surface area contributed by atoms with Crippen molar-refractivity contribution < 1.29 is 9.90 Å². The van der Waals surface area contributed by atoms with E-state index < -0.39 is 5.60 Å². The third-order valence-corrected chi connectivity index (χ3v) is 2.99. The Labute approximate surface area is 116 Å². The number of aliphatic hydroxyl groups is 1. The van der Waals surface area contributed by atoms with Gasteiger partial charge < -0.3 is 10.0 Å². The highest BCUT2D eigenvalue weighted by molar-refractivity contribution is 14.1. The number of benzene rings is 1. The molecule has 0 atom stereocenters. The average Bonchev–Trinajstić information content (AvgIpc) is 2.23. The molecule has 0 radical (unpaired) electrons. The van der Waals surface area contributed by atoms with E-state index in [-0.39, 0.29) is 5.91 Å². The molecular weight excluding hydrogens is 329 g/mol. The molecule has 0 fully saturated rings.